The zero-order valence-corrected chi connectivity index (χ0v) is 19.5. The molecule has 1 heterocycles. The molecule has 0 aliphatic rings. The van der Waals surface area contributed by atoms with Crippen molar-refractivity contribution in [2.45, 2.75) is 12.7 Å². The Hall–Kier alpha value is -2.86. The number of nitrogens with zero attached hydrogens (tertiary/aromatic N) is 1. The highest BCUT2D eigenvalue weighted by molar-refractivity contribution is 7.98. The van der Waals surface area contributed by atoms with E-state index in [0.717, 1.165) is 34.6 Å². The van der Waals surface area contributed by atoms with Crippen LogP contribution in [0.3, 0.4) is 0 Å². The summed E-state index contributed by atoms with van der Waals surface area (Å²) in [4.78, 5) is 25.4. The number of thioether (sulfide) groups is 1. The second-order valence-corrected chi connectivity index (χ2v) is 9.34. The van der Waals surface area contributed by atoms with Gasteiger partial charge < -0.3 is 10.6 Å². The lowest BCUT2D eigenvalue weighted by Gasteiger charge is -2.06. The molecule has 32 heavy (non-hydrogen) atoms. The molecule has 1 aromatic heterocycles. The van der Waals surface area contributed by atoms with Gasteiger partial charge in [-0.1, -0.05) is 29.8 Å². The first-order valence-electron chi connectivity index (χ1n) is 9.60. The minimum absolute atomic E-state index is 0.0173. The topological polar surface area (TPSA) is 82.0 Å². The average Bonchev–Trinajstić information content (AvgIpc) is 3.13. The molecule has 164 valence electrons. The van der Waals surface area contributed by atoms with E-state index in [1.54, 1.807) is 30.8 Å². The molecule has 3 rings (SSSR count). The number of benzene rings is 2. The Labute approximate surface area is 198 Å². The van der Waals surface area contributed by atoms with Crippen LogP contribution in [0.15, 0.2) is 48.5 Å². The Bertz CT molecular complexity index is 1190. The molecule has 5 nitrogen and oxygen atoms in total. The van der Waals surface area contributed by atoms with Gasteiger partial charge in [0, 0.05) is 18.1 Å². The molecule has 9 heteroatoms. The number of nitrogens with one attached hydrogen (secondary N) is 2. The molecule has 0 radical (unpaired) electrons. The van der Waals surface area contributed by atoms with Gasteiger partial charge in [-0.2, -0.15) is 17.0 Å². The average molecular weight is 488 g/mol. The standard InChI is InChI=1S/C23H19ClFN3O2S2/c1-14-10-20(28-22(29)18-7-6-17(25)11-19(18)24)32-21(14)23(30)27-8-9-31-13-16-5-3-2-4-15(16)12-26/h2-7,10-11H,8-9,13H2,1H3,(H,27,30)(H,28,29). The lowest BCUT2D eigenvalue weighted by molar-refractivity contribution is 0.0958. The van der Waals surface area contributed by atoms with Gasteiger partial charge in [0.1, 0.15) is 5.82 Å². The molecule has 0 saturated carbocycles. The summed E-state index contributed by atoms with van der Waals surface area (Å²) in [5.41, 5.74) is 2.53. The fourth-order valence-electron chi connectivity index (χ4n) is 2.88. The number of thiophene rings is 1. The maximum absolute atomic E-state index is 13.2. The van der Waals surface area contributed by atoms with Gasteiger partial charge in [-0.3, -0.25) is 9.59 Å². The van der Waals surface area contributed by atoms with Gasteiger partial charge in [0.15, 0.2) is 0 Å². The summed E-state index contributed by atoms with van der Waals surface area (Å²) in [7, 11) is 0. The molecule has 3 aromatic rings. The van der Waals surface area contributed by atoms with Crippen LogP contribution in [0.25, 0.3) is 0 Å². The number of halogens is 2. The molecule has 0 fully saturated rings. The largest absolute Gasteiger partial charge is 0.351 e. The molecule has 2 aromatic carbocycles. The Morgan fingerprint density at radius 1 is 1.19 bits per heavy atom. The Morgan fingerprint density at radius 2 is 1.97 bits per heavy atom. The zero-order chi connectivity index (χ0) is 23.1. The van der Waals surface area contributed by atoms with E-state index in [2.05, 4.69) is 16.7 Å². The van der Waals surface area contributed by atoms with Crippen molar-refractivity contribution in [1.82, 2.24) is 5.32 Å². The van der Waals surface area contributed by atoms with Gasteiger partial charge in [0.25, 0.3) is 11.8 Å². The van der Waals surface area contributed by atoms with Crippen LogP contribution < -0.4 is 10.6 Å². The van der Waals surface area contributed by atoms with Crippen LogP contribution in [-0.2, 0) is 5.75 Å². The molecule has 0 aliphatic heterocycles. The fourth-order valence-corrected chi connectivity index (χ4v) is 4.98. The van der Waals surface area contributed by atoms with Crippen LogP contribution in [0, 0.1) is 24.1 Å². The maximum Gasteiger partial charge on any atom is 0.261 e. The van der Waals surface area contributed by atoms with E-state index in [1.165, 1.54) is 6.07 Å². The molecule has 0 atom stereocenters. The maximum atomic E-state index is 13.2. The molecule has 0 spiro atoms. The van der Waals surface area contributed by atoms with Crippen LogP contribution in [0.1, 0.15) is 36.7 Å². The monoisotopic (exact) mass is 487 g/mol. The van der Waals surface area contributed by atoms with Crippen molar-refractivity contribution in [3.05, 3.63) is 86.5 Å². The Morgan fingerprint density at radius 3 is 2.72 bits per heavy atom. The van der Waals surface area contributed by atoms with Crippen molar-refractivity contribution < 1.29 is 14.0 Å². The number of rotatable bonds is 8. The first-order valence-corrected chi connectivity index (χ1v) is 11.9. The van der Waals surface area contributed by atoms with Crippen molar-refractivity contribution >= 4 is 51.5 Å². The van der Waals surface area contributed by atoms with E-state index in [1.807, 2.05) is 18.2 Å². The van der Waals surface area contributed by atoms with Crippen LogP contribution in [0.4, 0.5) is 9.39 Å². The minimum Gasteiger partial charge on any atom is -0.351 e. The number of nitriles is 1. The minimum atomic E-state index is -0.523. The van der Waals surface area contributed by atoms with E-state index < -0.39 is 11.7 Å². The van der Waals surface area contributed by atoms with E-state index in [4.69, 9.17) is 16.9 Å². The quantitative estimate of drug-likeness (QED) is 0.403. The highest BCUT2D eigenvalue weighted by atomic mass is 35.5. The molecule has 0 unspecified atom stereocenters. The second kappa shape index (κ2) is 11.1. The summed E-state index contributed by atoms with van der Waals surface area (Å²) in [5, 5.41) is 15.2. The SMILES string of the molecule is Cc1cc(NC(=O)c2ccc(F)cc2Cl)sc1C(=O)NCCSCc1ccccc1C#N. The van der Waals surface area contributed by atoms with Crippen molar-refractivity contribution in [1.29, 1.82) is 5.26 Å². The normalized spacial score (nSPS) is 10.4. The van der Waals surface area contributed by atoms with E-state index >= 15 is 0 Å². The van der Waals surface area contributed by atoms with Crippen LogP contribution >= 0.6 is 34.7 Å². The lowest BCUT2D eigenvalue weighted by Crippen LogP contribution is -2.25. The summed E-state index contributed by atoms with van der Waals surface area (Å²) in [6.45, 7) is 2.27. The molecule has 0 saturated heterocycles. The van der Waals surface area contributed by atoms with Crippen molar-refractivity contribution in [3.8, 4) is 6.07 Å². The third kappa shape index (κ3) is 6.10. The van der Waals surface area contributed by atoms with Gasteiger partial charge >= 0.3 is 0 Å². The lowest BCUT2D eigenvalue weighted by atomic mass is 10.1. The molecular weight excluding hydrogens is 469 g/mol. The van der Waals surface area contributed by atoms with Crippen LogP contribution in [0.5, 0.6) is 0 Å². The number of carbonyl (C=O) groups is 2. The van der Waals surface area contributed by atoms with Gasteiger partial charge in [-0.05, 0) is 48.4 Å². The second-order valence-electron chi connectivity index (χ2n) is 6.78. The fraction of sp³-hybridized carbons (Fsp3) is 0.174. The van der Waals surface area contributed by atoms with Crippen LogP contribution in [-0.4, -0.2) is 24.1 Å². The zero-order valence-electron chi connectivity index (χ0n) is 17.1. The summed E-state index contributed by atoms with van der Waals surface area (Å²) in [5.74, 6) is 0.176. The summed E-state index contributed by atoms with van der Waals surface area (Å²) in [6, 6.07) is 14.9. The first-order chi connectivity index (χ1) is 15.4. The van der Waals surface area contributed by atoms with Gasteiger partial charge in [-0.15, -0.1) is 11.3 Å². The number of anilines is 1. The summed E-state index contributed by atoms with van der Waals surface area (Å²) in [6.07, 6.45) is 0. The molecule has 2 amide bonds. The molecular formula is C23H19ClFN3O2S2. The van der Waals surface area contributed by atoms with Crippen LogP contribution in [0.2, 0.25) is 5.02 Å². The van der Waals surface area contributed by atoms with E-state index in [-0.39, 0.29) is 16.5 Å². The molecule has 0 aliphatic carbocycles. The van der Waals surface area contributed by atoms with Crippen molar-refractivity contribution in [2.75, 3.05) is 17.6 Å². The highest BCUT2D eigenvalue weighted by Gasteiger charge is 2.17. The number of aryl methyl sites for hydroxylation is 1. The summed E-state index contributed by atoms with van der Waals surface area (Å²) >= 11 is 8.73. The Kier molecular flexibility index (Phi) is 8.28. The first kappa shape index (κ1) is 23.8. The third-order valence-corrected chi connectivity index (χ3v) is 6.94. The number of hydrogen-bond donors (Lipinski definition) is 2. The summed E-state index contributed by atoms with van der Waals surface area (Å²) < 4.78 is 13.2. The van der Waals surface area contributed by atoms with Crippen molar-refractivity contribution in [3.63, 3.8) is 0 Å². The van der Waals surface area contributed by atoms with Gasteiger partial charge in [0.05, 0.1) is 32.1 Å². The smallest absolute Gasteiger partial charge is 0.261 e. The van der Waals surface area contributed by atoms with Crippen molar-refractivity contribution in [2.24, 2.45) is 0 Å². The van der Waals surface area contributed by atoms with Gasteiger partial charge in [-0.25, -0.2) is 4.39 Å². The molecule has 0 bridgehead atoms. The third-order valence-electron chi connectivity index (χ3n) is 4.46. The van der Waals surface area contributed by atoms with E-state index in [9.17, 15) is 14.0 Å². The molecule has 2 N–H and O–H groups in total. The number of amides is 2. The van der Waals surface area contributed by atoms with Gasteiger partial charge in [0.2, 0.25) is 0 Å². The Balaban J connectivity index is 1.51. The number of hydrogen-bond acceptors (Lipinski definition) is 5. The predicted molar refractivity (Wildman–Crippen MR) is 128 cm³/mol. The predicted octanol–water partition coefficient (Wildman–Crippen LogP) is 5.64. The number of carbonyl (C=O) groups excluding carboxylic acids is 2. The highest BCUT2D eigenvalue weighted by Crippen LogP contribution is 2.28. The van der Waals surface area contributed by atoms with E-state index in [0.29, 0.717) is 33.5 Å².